The Morgan fingerprint density at radius 3 is 2.44 bits per heavy atom. The number of nitrogens with two attached hydrogens (primary N) is 1. The van der Waals surface area contributed by atoms with Crippen molar-refractivity contribution < 1.29 is 9.59 Å². The van der Waals surface area contributed by atoms with Crippen molar-refractivity contribution in [2.75, 3.05) is 13.6 Å². The standard InChI is InChI=1S/C12H15N3O2S/c1-14-9(16)7-15-12(17)10(11(13)18)8-5-3-2-4-6-8/h2-6,10H,7H2,1H3,(H2,13,18)(H,14,16)(H,15,17). The van der Waals surface area contributed by atoms with Crippen molar-refractivity contribution in [2.24, 2.45) is 5.73 Å². The molecule has 6 heteroatoms. The Kier molecular flexibility index (Phi) is 5.26. The third kappa shape index (κ3) is 3.81. The van der Waals surface area contributed by atoms with Crippen LogP contribution in [0.4, 0.5) is 0 Å². The second kappa shape index (κ2) is 6.70. The average molecular weight is 265 g/mol. The predicted octanol–water partition coefficient (Wildman–Crippen LogP) is -0.0815. The van der Waals surface area contributed by atoms with E-state index in [1.54, 1.807) is 24.3 Å². The van der Waals surface area contributed by atoms with Gasteiger partial charge in [-0.3, -0.25) is 9.59 Å². The highest BCUT2D eigenvalue weighted by atomic mass is 32.1. The monoisotopic (exact) mass is 265 g/mol. The summed E-state index contributed by atoms with van der Waals surface area (Å²) in [6.45, 7) is -0.0960. The Morgan fingerprint density at radius 2 is 1.94 bits per heavy atom. The Balaban J connectivity index is 2.77. The lowest BCUT2D eigenvalue weighted by molar-refractivity contribution is -0.125. The topological polar surface area (TPSA) is 84.2 Å². The third-order valence-corrected chi connectivity index (χ3v) is 2.62. The van der Waals surface area contributed by atoms with E-state index in [1.807, 2.05) is 6.07 Å². The molecule has 1 atom stereocenters. The summed E-state index contributed by atoms with van der Waals surface area (Å²) < 4.78 is 0. The van der Waals surface area contributed by atoms with E-state index >= 15 is 0 Å². The van der Waals surface area contributed by atoms with Crippen LogP contribution in [0.1, 0.15) is 11.5 Å². The molecule has 0 spiro atoms. The van der Waals surface area contributed by atoms with E-state index in [0.717, 1.165) is 0 Å². The third-order valence-electron chi connectivity index (χ3n) is 2.38. The van der Waals surface area contributed by atoms with Gasteiger partial charge in [-0.05, 0) is 5.56 Å². The molecule has 1 aromatic rings. The number of carbonyl (C=O) groups excluding carboxylic acids is 2. The van der Waals surface area contributed by atoms with Crippen LogP contribution in [0, 0.1) is 0 Å². The molecule has 1 aromatic carbocycles. The van der Waals surface area contributed by atoms with Gasteiger partial charge >= 0.3 is 0 Å². The molecule has 0 heterocycles. The first kappa shape index (κ1) is 14.1. The molecule has 0 fully saturated rings. The molecule has 0 saturated heterocycles. The van der Waals surface area contributed by atoms with Gasteiger partial charge in [-0.2, -0.15) is 0 Å². The minimum Gasteiger partial charge on any atom is -0.392 e. The molecule has 0 bridgehead atoms. The van der Waals surface area contributed by atoms with E-state index < -0.39 is 5.92 Å². The second-order valence-corrected chi connectivity index (χ2v) is 4.11. The number of rotatable bonds is 5. The van der Waals surface area contributed by atoms with Crippen LogP contribution in [-0.4, -0.2) is 30.4 Å². The normalized spacial score (nSPS) is 11.4. The van der Waals surface area contributed by atoms with E-state index in [2.05, 4.69) is 10.6 Å². The minimum atomic E-state index is -0.717. The van der Waals surface area contributed by atoms with Crippen molar-refractivity contribution in [2.45, 2.75) is 5.92 Å². The predicted molar refractivity (Wildman–Crippen MR) is 73.0 cm³/mol. The van der Waals surface area contributed by atoms with Gasteiger partial charge in [0.05, 0.1) is 11.5 Å². The number of carbonyl (C=O) groups is 2. The van der Waals surface area contributed by atoms with Gasteiger partial charge in [0.15, 0.2) is 0 Å². The summed E-state index contributed by atoms with van der Waals surface area (Å²) in [5.74, 6) is -1.37. The van der Waals surface area contributed by atoms with Crippen molar-refractivity contribution >= 4 is 29.0 Å². The van der Waals surface area contributed by atoms with Gasteiger partial charge in [0.2, 0.25) is 11.8 Å². The second-order valence-electron chi connectivity index (χ2n) is 3.64. The first-order valence-corrected chi connectivity index (χ1v) is 5.79. The quantitative estimate of drug-likeness (QED) is 0.650. The molecule has 0 aliphatic heterocycles. The lowest BCUT2D eigenvalue weighted by Gasteiger charge is -2.15. The lowest BCUT2D eigenvalue weighted by atomic mass is 9.98. The first-order chi connectivity index (χ1) is 8.56. The SMILES string of the molecule is CNC(=O)CNC(=O)C(C(N)=S)c1ccccc1. The van der Waals surface area contributed by atoms with Gasteiger partial charge in [0, 0.05) is 7.05 Å². The molecular weight excluding hydrogens is 250 g/mol. The fourth-order valence-electron chi connectivity index (χ4n) is 1.45. The van der Waals surface area contributed by atoms with Gasteiger partial charge in [-0.1, -0.05) is 42.5 Å². The molecule has 18 heavy (non-hydrogen) atoms. The maximum Gasteiger partial charge on any atom is 0.239 e. The summed E-state index contributed by atoms with van der Waals surface area (Å²) in [6, 6.07) is 8.97. The van der Waals surface area contributed by atoms with Crippen LogP contribution in [0.5, 0.6) is 0 Å². The highest BCUT2D eigenvalue weighted by Gasteiger charge is 2.23. The van der Waals surface area contributed by atoms with Crippen molar-refractivity contribution in [1.82, 2.24) is 10.6 Å². The largest absolute Gasteiger partial charge is 0.392 e. The smallest absolute Gasteiger partial charge is 0.239 e. The fraction of sp³-hybridized carbons (Fsp3) is 0.250. The van der Waals surface area contributed by atoms with Crippen LogP contribution < -0.4 is 16.4 Å². The first-order valence-electron chi connectivity index (χ1n) is 5.38. The molecule has 4 N–H and O–H groups in total. The number of nitrogens with one attached hydrogen (secondary N) is 2. The van der Waals surface area contributed by atoms with E-state index in [0.29, 0.717) is 5.56 Å². The number of benzene rings is 1. The van der Waals surface area contributed by atoms with Crippen LogP contribution >= 0.6 is 12.2 Å². The Bertz CT molecular complexity index is 448. The van der Waals surface area contributed by atoms with E-state index in [-0.39, 0.29) is 23.3 Å². The minimum absolute atomic E-state index is 0.0793. The molecule has 1 unspecified atom stereocenters. The van der Waals surface area contributed by atoms with Crippen LogP contribution in [0.3, 0.4) is 0 Å². The van der Waals surface area contributed by atoms with E-state index in [9.17, 15) is 9.59 Å². The Morgan fingerprint density at radius 1 is 1.33 bits per heavy atom. The van der Waals surface area contributed by atoms with Crippen molar-refractivity contribution in [3.05, 3.63) is 35.9 Å². The molecular formula is C12H15N3O2S. The van der Waals surface area contributed by atoms with Gasteiger partial charge < -0.3 is 16.4 Å². The molecule has 1 rings (SSSR count). The summed E-state index contributed by atoms with van der Waals surface area (Å²) >= 11 is 4.90. The van der Waals surface area contributed by atoms with Gasteiger partial charge in [-0.15, -0.1) is 0 Å². The average Bonchev–Trinajstić information content (AvgIpc) is 2.37. The highest BCUT2D eigenvalue weighted by Crippen LogP contribution is 2.15. The van der Waals surface area contributed by atoms with Crippen LogP contribution in [0.15, 0.2) is 30.3 Å². The molecule has 0 aromatic heterocycles. The lowest BCUT2D eigenvalue weighted by Crippen LogP contribution is -2.41. The number of hydrogen-bond acceptors (Lipinski definition) is 3. The fourth-order valence-corrected chi connectivity index (χ4v) is 1.69. The number of amides is 2. The molecule has 96 valence electrons. The zero-order valence-electron chi connectivity index (χ0n) is 9.97. The summed E-state index contributed by atoms with van der Waals surface area (Å²) in [5, 5.41) is 4.91. The zero-order chi connectivity index (χ0) is 13.5. The molecule has 2 amide bonds. The van der Waals surface area contributed by atoms with Crippen LogP contribution in [0.25, 0.3) is 0 Å². The van der Waals surface area contributed by atoms with E-state index in [1.165, 1.54) is 7.05 Å². The number of thiocarbonyl (C=S) groups is 1. The van der Waals surface area contributed by atoms with Crippen LogP contribution in [0.2, 0.25) is 0 Å². The highest BCUT2D eigenvalue weighted by molar-refractivity contribution is 7.80. The molecule has 0 saturated carbocycles. The maximum atomic E-state index is 11.9. The summed E-state index contributed by atoms with van der Waals surface area (Å²) in [5.41, 5.74) is 6.29. The van der Waals surface area contributed by atoms with Crippen molar-refractivity contribution in [3.8, 4) is 0 Å². The summed E-state index contributed by atoms with van der Waals surface area (Å²) in [6.07, 6.45) is 0. The maximum absolute atomic E-state index is 11.9. The Labute approximate surface area is 111 Å². The molecule has 0 radical (unpaired) electrons. The van der Waals surface area contributed by atoms with Crippen molar-refractivity contribution in [3.63, 3.8) is 0 Å². The molecule has 5 nitrogen and oxygen atoms in total. The number of likely N-dealkylation sites (N-methyl/N-ethyl adjacent to an activating group) is 1. The molecule has 0 aliphatic carbocycles. The van der Waals surface area contributed by atoms with Gasteiger partial charge in [0.25, 0.3) is 0 Å². The summed E-state index contributed by atoms with van der Waals surface area (Å²) in [7, 11) is 1.50. The van der Waals surface area contributed by atoms with Gasteiger partial charge in [-0.25, -0.2) is 0 Å². The number of hydrogen-bond donors (Lipinski definition) is 3. The molecule has 0 aliphatic rings. The van der Waals surface area contributed by atoms with E-state index in [4.69, 9.17) is 18.0 Å². The van der Waals surface area contributed by atoms with Crippen molar-refractivity contribution in [1.29, 1.82) is 0 Å². The Hall–Kier alpha value is -1.95. The zero-order valence-corrected chi connectivity index (χ0v) is 10.8. The van der Waals surface area contributed by atoms with Gasteiger partial charge in [0.1, 0.15) is 5.92 Å². The summed E-state index contributed by atoms with van der Waals surface area (Å²) in [4.78, 5) is 23.1. The van der Waals surface area contributed by atoms with Crippen LogP contribution in [-0.2, 0) is 9.59 Å².